The van der Waals surface area contributed by atoms with E-state index in [0.29, 0.717) is 6.04 Å². The quantitative estimate of drug-likeness (QED) is 0.810. The molecule has 0 saturated heterocycles. The van der Waals surface area contributed by atoms with Gasteiger partial charge >= 0.3 is 0 Å². The van der Waals surface area contributed by atoms with E-state index in [9.17, 15) is 4.79 Å². The number of benzene rings is 1. The lowest BCUT2D eigenvalue weighted by Crippen LogP contribution is -2.28. The average Bonchev–Trinajstić information content (AvgIpc) is 3.26. The zero-order valence-electron chi connectivity index (χ0n) is 13.0. The van der Waals surface area contributed by atoms with E-state index in [1.54, 1.807) is 0 Å². The first-order valence-corrected chi connectivity index (χ1v) is 8.19. The van der Waals surface area contributed by atoms with Crippen LogP contribution in [0.4, 0.5) is 11.4 Å². The van der Waals surface area contributed by atoms with E-state index in [1.807, 2.05) is 0 Å². The Labute approximate surface area is 126 Å². The molecule has 0 aromatic heterocycles. The highest BCUT2D eigenvalue weighted by Crippen LogP contribution is 2.37. The first-order chi connectivity index (χ1) is 10.2. The van der Waals surface area contributed by atoms with Crippen LogP contribution in [0.5, 0.6) is 0 Å². The molecule has 21 heavy (non-hydrogen) atoms. The van der Waals surface area contributed by atoms with E-state index < -0.39 is 0 Å². The number of carbonyl (C=O) groups excluding carboxylic acids is 1. The Kier molecular flexibility index (Phi) is 4.15. The largest absolute Gasteiger partial charge is 0.368 e. The van der Waals surface area contributed by atoms with Crippen LogP contribution >= 0.6 is 0 Å². The van der Waals surface area contributed by atoms with Crippen molar-refractivity contribution in [1.29, 1.82) is 0 Å². The summed E-state index contributed by atoms with van der Waals surface area (Å²) in [6.07, 6.45) is 4.78. The molecule has 1 aliphatic heterocycles. The van der Waals surface area contributed by atoms with Crippen LogP contribution in [0.15, 0.2) is 18.2 Å². The molecule has 114 valence electrons. The number of hydrogen-bond acceptors (Lipinski definition) is 3. The molecule has 0 bridgehead atoms. The zero-order valence-corrected chi connectivity index (χ0v) is 13.0. The van der Waals surface area contributed by atoms with Crippen LogP contribution in [-0.2, 0) is 4.79 Å². The standard InChI is InChI=1S/C17H25N3O/c1-3-9-18-16-14-8-7-13(11-15(14)19-17(16)21)20(10-4-2)12-5-6-12/h7-8,11-12,16,18H,3-6,9-10H2,1-2H3,(H,19,21). The molecule has 1 aromatic carbocycles. The smallest absolute Gasteiger partial charge is 0.246 e. The van der Waals surface area contributed by atoms with Gasteiger partial charge in [0.2, 0.25) is 5.91 Å². The van der Waals surface area contributed by atoms with E-state index in [1.165, 1.54) is 18.5 Å². The monoisotopic (exact) mass is 287 g/mol. The Bertz CT molecular complexity index is 525. The van der Waals surface area contributed by atoms with Gasteiger partial charge in [0.1, 0.15) is 6.04 Å². The summed E-state index contributed by atoms with van der Waals surface area (Å²) in [5, 5.41) is 6.35. The third-order valence-corrected chi connectivity index (χ3v) is 4.25. The first kappa shape index (κ1) is 14.4. The predicted molar refractivity (Wildman–Crippen MR) is 86.8 cm³/mol. The number of hydrogen-bond donors (Lipinski definition) is 2. The van der Waals surface area contributed by atoms with Crippen molar-refractivity contribution >= 4 is 17.3 Å². The molecule has 4 nitrogen and oxygen atoms in total. The predicted octanol–water partition coefficient (Wildman–Crippen LogP) is 3.06. The molecule has 0 spiro atoms. The Morgan fingerprint density at radius 1 is 1.29 bits per heavy atom. The number of amides is 1. The Morgan fingerprint density at radius 2 is 2.10 bits per heavy atom. The summed E-state index contributed by atoms with van der Waals surface area (Å²) < 4.78 is 0. The van der Waals surface area contributed by atoms with Crippen LogP contribution in [-0.4, -0.2) is 25.0 Å². The minimum atomic E-state index is -0.186. The Balaban J connectivity index is 1.82. The van der Waals surface area contributed by atoms with Gasteiger partial charge in [0.15, 0.2) is 0 Å². The molecular formula is C17H25N3O. The third kappa shape index (κ3) is 2.91. The van der Waals surface area contributed by atoms with Gasteiger partial charge in [-0.25, -0.2) is 0 Å². The van der Waals surface area contributed by atoms with Crippen LogP contribution in [0.25, 0.3) is 0 Å². The van der Waals surface area contributed by atoms with Crippen LogP contribution in [0.3, 0.4) is 0 Å². The summed E-state index contributed by atoms with van der Waals surface area (Å²) >= 11 is 0. The summed E-state index contributed by atoms with van der Waals surface area (Å²) in [7, 11) is 0. The highest BCUT2D eigenvalue weighted by molar-refractivity contribution is 6.03. The maximum atomic E-state index is 12.1. The van der Waals surface area contributed by atoms with Gasteiger partial charge in [-0.1, -0.05) is 19.9 Å². The van der Waals surface area contributed by atoms with Crippen molar-refractivity contribution < 1.29 is 4.79 Å². The topological polar surface area (TPSA) is 44.4 Å². The molecule has 1 amide bonds. The van der Waals surface area contributed by atoms with E-state index in [4.69, 9.17) is 0 Å². The molecule has 1 unspecified atom stereocenters. The van der Waals surface area contributed by atoms with Crippen molar-refractivity contribution in [3.8, 4) is 0 Å². The molecule has 0 radical (unpaired) electrons. The molecule has 1 saturated carbocycles. The van der Waals surface area contributed by atoms with Gasteiger partial charge in [0.25, 0.3) is 0 Å². The zero-order chi connectivity index (χ0) is 14.8. The molecule has 4 heteroatoms. The lowest BCUT2D eigenvalue weighted by Gasteiger charge is -2.24. The first-order valence-electron chi connectivity index (χ1n) is 8.19. The van der Waals surface area contributed by atoms with Gasteiger partial charge in [-0.3, -0.25) is 4.79 Å². The molecule has 1 aliphatic carbocycles. The summed E-state index contributed by atoms with van der Waals surface area (Å²) in [5.74, 6) is 0.0732. The van der Waals surface area contributed by atoms with Crippen LogP contribution in [0, 0.1) is 0 Å². The summed E-state index contributed by atoms with van der Waals surface area (Å²) in [6, 6.07) is 6.95. The average molecular weight is 287 g/mol. The van der Waals surface area contributed by atoms with Crippen molar-refractivity contribution in [3.05, 3.63) is 23.8 Å². The number of anilines is 2. The van der Waals surface area contributed by atoms with Crippen LogP contribution in [0.2, 0.25) is 0 Å². The van der Waals surface area contributed by atoms with E-state index in [2.05, 4.69) is 47.6 Å². The van der Waals surface area contributed by atoms with E-state index >= 15 is 0 Å². The summed E-state index contributed by atoms with van der Waals surface area (Å²) in [5.41, 5.74) is 3.31. The highest BCUT2D eigenvalue weighted by atomic mass is 16.2. The Morgan fingerprint density at radius 3 is 2.76 bits per heavy atom. The van der Waals surface area contributed by atoms with Crippen molar-refractivity contribution in [2.45, 2.75) is 51.6 Å². The van der Waals surface area contributed by atoms with Gasteiger partial charge in [-0.05, 0) is 44.4 Å². The molecule has 2 aliphatic rings. The normalized spacial score (nSPS) is 20.3. The van der Waals surface area contributed by atoms with Gasteiger partial charge in [0, 0.05) is 29.5 Å². The third-order valence-electron chi connectivity index (χ3n) is 4.25. The van der Waals surface area contributed by atoms with E-state index in [0.717, 1.165) is 37.2 Å². The number of carbonyl (C=O) groups is 1. The van der Waals surface area contributed by atoms with Crippen LogP contribution in [0.1, 0.15) is 51.1 Å². The minimum Gasteiger partial charge on any atom is -0.368 e. The number of rotatable bonds is 7. The second-order valence-corrected chi connectivity index (χ2v) is 6.07. The van der Waals surface area contributed by atoms with Gasteiger partial charge in [0.05, 0.1) is 0 Å². The number of nitrogens with one attached hydrogen (secondary N) is 2. The van der Waals surface area contributed by atoms with E-state index in [-0.39, 0.29) is 11.9 Å². The lowest BCUT2D eigenvalue weighted by atomic mass is 10.1. The molecule has 2 N–H and O–H groups in total. The maximum absolute atomic E-state index is 12.1. The van der Waals surface area contributed by atoms with Gasteiger partial charge in [-0.2, -0.15) is 0 Å². The highest BCUT2D eigenvalue weighted by Gasteiger charge is 2.32. The van der Waals surface area contributed by atoms with Crippen molar-refractivity contribution in [3.63, 3.8) is 0 Å². The summed E-state index contributed by atoms with van der Waals surface area (Å²) in [6.45, 7) is 6.29. The molecule has 1 heterocycles. The summed E-state index contributed by atoms with van der Waals surface area (Å²) in [4.78, 5) is 14.6. The number of nitrogens with zero attached hydrogens (tertiary/aromatic N) is 1. The molecule has 1 atom stereocenters. The fourth-order valence-corrected chi connectivity index (χ4v) is 3.07. The van der Waals surface area contributed by atoms with Crippen molar-refractivity contribution in [1.82, 2.24) is 5.32 Å². The van der Waals surface area contributed by atoms with Crippen molar-refractivity contribution in [2.75, 3.05) is 23.3 Å². The van der Waals surface area contributed by atoms with Crippen molar-refractivity contribution in [2.24, 2.45) is 0 Å². The second-order valence-electron chi connectivity index (χ2n) is 6.07. The maximum Gasteiger partial charge on any atom is 0.246 e. The molecular weight excluding hydrogens is 262 g/mol. The molecule has 1 fully saturated rings. The lowest BCUT2D eigenvalue weighted by molar-refractivity contribution is -0.117. The second kappa shape index (κ2) is 6.06. The SMILES string of the molecule is CCCNC1C(=O)Nc2cc(N(CCC)C3CC3)ccc21. The van der Waals surface area contributed by atoms with Gasteiger partial charge in [-0.15, -0.1) is 0 Å². The molecule has 3 rings (SSSR count). The minimum absolute atomic E-state index is 0.0732. The molecule has 1 aromatic rings. The Hall–Kier alpha value is -1.55. The number of fused-ring (bicyclic) bond motifs is 1. The fourth-order valence-electron chi connectivity index (χ4n) is 3.07. The van der Waals surface area contributed by atoms with Crippen LogP contribution < -0.4 is 15.5 Å². The van der Waals surface area contributed by atoms with Gasteiger partial charge < -0.3 is 15.5 Å². The fraction of sp³-hybridized carbons (Fsp3) is 0.588.